The van der Waals surface area contributed by atoms with Crippen molar-refractivity contribution in [2.75, 3.05) is 33.2 Å². The average molecular weight is 295 g/mol. The van der Waals surface area contributed by atoms with Gasteiger partial charge in [-0.2, -0.15) is 0 Å². The van der Waals surface area contributed by atoms with Gasteiger partial charge in [-0.15, -0.1) is 5.10 Å². The van der Waals surface area contributed by atoms with Crippen LogP contribution >= 0.6 is 0 Å². The lowest BCUT2D eigenvalue weighted by Gasteiger charge is -2.27. The van der Waals surface area contributed by atoms with Crippen LogP contribution in [0.5, 0.6) is 0 Å². The predicted molar refractivity (Wildman–Crippen MR) is 79.4 cm³/mol. The molecule has 0 bridgehead atoms. The SMILES string of the molecule is CCN1CCCC1CN(C)CCn1cc(C(=O)NN)nn1. The monoisotopic (exact) mass is 295 g/mol. The number of amides is 1. The molecule has 1 aliphatic heterocycles. The average Bonchev–Trinajstić information content (AvgIpc) is 3.13. The number of likely N-dealkylation sites (tertiary alicyclic amines) is 1. The molecule has 1 amide bonds. The second-order valence-electron chi connectivity index (χ2n) is 5.53. The van der Waals surface area contributed by atoms with Gasteiger partial charge in [-0.25, -0.2) is 5.84 Å². The third kappa shape index (κ3) is 4.23. The number of carbonyl (C=O) groups is 1. The van der Waals surface area contributed by atoms with Crippen LogP contribution in [0.25, 0.3) is 0 Å². The van der Waals surface area contributed by atoms with Gasteiger partial charge >= 0.3 is 0 Å². The van der Waals surface area contributed by atoms with Gasteiger partial charge in [0.2, 0.25) is 0 Å². The summed E-state index contributed by atoms with van der Waals surface area (Å²) in [6.07, 6.45) is 4.19. The molecular formula is C13H25N7O. The minimum atomic E-state index is -0.417. The Kier molecular flexibility index (Phi) is 5.66. The van der Waals surface area contributed by atoms with Crippen LogP contribution < -0.4 is 11.3 Å². The third-order valence-corrected chi connectivity index (χ3v) is 4.04. The molecule has 0 aromatic carbocycles. The van der Waals surface area contributed by atoms with Gasteiger partial charge in [0.25, 0.3) is 5.91 Å². The second kappa shape index (κ2) is 7.48. The fraction of sp³-hybridized carbons (Fsp3) is 0.769. The normalized spacial score (nSPS) is 19.3. The van der Waals surface area contributed by atoms with E-state index in [1.165, 1.54) is 19.4 Å². The molecule has 1 unspecified atom stereocenters. The number of nitrogens with two attached hydrogens (primary N) is 1. The van der Waals surface area contributed by atoms with E-state index in [1.54, 1.807) is 10.9 Å². The molecule has 0 spiro atoms. The number of aromatic nitrogens is 3. The Labute approximate surface area is 125 Å². The maximum atomic E-state index is 11.3. The molecule has 2 rings (SSSR count). The van der Waals surface area contributed by atoms with Crippen LogP contribution in [0.15, 0.2) is 6.20 Å². The molecule has 1 saturated heterocycles. The lowest BCUT2D eigenvalue weighted by atomic mass is 10.2. The molecule has 0 saturated carbocycles. The number of hydrogen-bond donors (Lipinski definition) is 2. The molecule has 1 aromatic heterocycles. The van der Waals surface area contributed by atoms with Crippen LogP contribution in [-0.2, 0) is 6.54 Å². The van der Waals surface area contributed by atoms with E-state index in [0.29, 0.717) is 12.6 Å². The third-order valence-electron chi connectivity index (χ3n) is 4.04. The largest absolute Gasteiger partial charge is 0.303 e. The molecule has 118 valence electrons. The summed E-state index contributed by atoms with van der Waals surface area (Å²) in [7, 11) is 2.12. The maximum absolute atomic E-state index is 11.3. The number of nitrogens with one attached hydrogen (secondary N) is 1. The van der Waals surface area contributed by atoms with Gasteiger partial charge in [-0.3, -0.25) is 19.8 Å². The number of nitrogen functional groups attached to an aromatic ring is 1. The topological polar surface area (TPSA) is 92.3 Å². The lowest BCUT2D eigenvalue weighted by Crippen LogP contribution is -2.39. The van der Waals surface area contributed by atoms with Crippen molar-refractivity contribution in [3.8, 4) is 0 Å². The molecule has 8 nitrogen and oxygen atoms in total. The summed E-state index contributed by atoms with van der Waals surface area (Å²) >= 11 is 0. The van der Waals surface area contributed by atoms with Crippen LogP contribution in [0.3, 0.4) is 0 Å². The molecule has 1 aliphatic rings. The minimum absolute atomic E-state index is 0.244. The zero-order valence-corrected chi connectivity index (χ0v) is 12.8. The first-order valence-corrected chi connectivity index (χ1v) is 7.47. The van der Waals surface area contributed by atoms with Crippen molar-refractivity contribution in [3.63, 3.8) is 0 Å². The smallest absolute Gasteiger partial charge is 0.287 e. The van der Waals surface area contributed by atoms with Gasteiger partial charge in [0.05, 0.1) is 12.7 Å². The number of nitrogens with zero attached hydrogens (tertiary/aromatic N) is 5. The fourth-order valence-electron chi connectivity index (χ4n) is 2.83. The summed E-state index contributed by atoms with van der Waals surface area (Å²) in [5.41, 5.74) is 2.29. The zero-order chi connectivity index (χ0) is 15.2. The molecule has 1 fully saturated rings. The van der Waals surface area contributed by atoms with E-state index in [2.05, 4.69) is 34.1 Å². The van der Waals surface area contributed by atoms with E-state index in [-0.39, 0.29) is 5.69 Å². The molecule has 0 radical (unpaired) electrons. The maximum Gasteiger partial charge on any atom is 0.287 e. The number of likely N-dealkylation sites (N-methyl/N-ethyl adjacent to an activating group) is 2. The zero-order valence-electron chi connectivity index (χ0n) is 12.8. The molecule has 3 N–H and O–H groups in total. The standard InChI is InChI=1S/C13H25N7O/c1-3-19-6-4-5-11(19)9-18(2)7-8-20-10-12(16-17-20)13(21)15-14/h10-11H,3-9,14H2,1-2H3,(H,15,21). The van der Waals surface area contributed by atoms with Gasteiger partial charge in [-0.1, -0.05) is 12.1 Å². The van der Waals surface area contributed by atoms with Crippen LogP contribution in [0.4, 0.5) is 0 Å². The Balaban J connectivity index is 1.77. The molecule has 0 aliphatic carbocycles. The van der Waals surface area contributed by atoms with Crippen molar-refractivity contribution in [2.45, 2.75) is 32.4 Å². The summed E-state index contributed by atoms with van der Waals surface area (Å²) in [5.74, 6) is 4.65. The van der Waals surface area contributed by atoms with Crippen molar-refractivity contribution < 1.29 is 4.79 Å². The van der Waals surface area contributed by atoms with Crippen molar-refractivity contribution >= 4 is 5.91 Å². The lowest BCUT2D eigenvalue weighted by molar-refractivity contribution is 0.0948. The first-order chi connectivity index (χ1) is 10.1. The van der Waals surface area contributed by atoms with Crippen LogP contribution in [0, 0.1) is 0 Å². The van der Waals surface area contributed by atoms with E-state index in [4.69, 9.17) is 5.84 Å². The van der Waals surface area contributed by atoms with E-state index in [9.17, 15) is 4.79 Å². The highest BCUT2D eigenvalue weighted by atomic mass is 16.2. The Morgan fingerprint density at radius 2 is 2.43 bits per heavy atom. The Hall–Kier alpha value is -1.51. The van der Waals surface area contributed by atoms with Crippen LogP contribution in [0.2, 0.25) is 0 Å². The van der Waals surface area contributed by atoms with Gasteiger partial charge < -0.3 is 4.90 Å². The highest BCUT2D eigenvalue weighted by Crippen LogP contribution is 2.17. The summed E-state index contributed by atoms with van der Waals surface area (Å²) in [5, 5.41) is 7.72. The van der Waals surface area contributed by atoms with E-state index in [0.717, 1.165) is 19.6 Å². The summed E-state index contributed by atoms with van der Waals surface area (Å²) in [4.78, 5) is 16.1. The van der Waals surface area contributed by atoms with Crippen LogP contribution in [-0.4, -0.2) is 70.0 Å². The van der Waals surface area contributed by atoms with Crippen molar-refractivity contribution in [3.05, 3.63) is 11.9 Å². The summed E-state index contributed by atoms with van der Waals surface area (Å²) < 4.78 is 1.67. The molecule has 1 aromatic rings. The van der Waals surface area contributed by atoms with E-state index in [1.807, 2.05) is 5.43 Å². The predicted octanol–water partition coefficient (Wildman–Crippen LogP) is -0.702. The van der Waals surface area contributed by atoms with Gasteiger partial charge in [-0.05, 0) is 33.0 Å². The Morgan fingerprint density at radius 1 is 1.62 bits per heavy atom. The highest BCUT2D eigenvalue weighted by molar-refractivity contribution is 5.91. The van der Waals surface area contributed by atoms with Crippen molar-refractivity contribution in [2.24, 2.45) is 5.84 Å². The number of hydrazine groups is 1. The molecule has 2 heterocycles. The van der Waals surface area contributed by atoms with Crippen molar-refractivity contribution in [1.29, 1.82) is 0 Å². The number of hydrogen-bond acceptors (Lipinski definition) is 6. The van der Waals surface area contributed by atoms with Gasteiger partial charge in [0, 0.05) is 19.1 Å². The van der Waals surface area contributed by atoms with Gasteiger partial charge in [0.15, 0.2) is 5.69 Å². The molecular weight excluding hydrogens is 270 g/mol. The first-order valence-electron chi connectivity index (χ1n) is 7.47. The Bertz CT molecular complexity index is 461. The summed E-state index contributed by atoms with van der Waals surface area (Å²) in [6, 6.07) is 0.661. The van der Waals surface area contributed by atoms with E-state index >= 15 is 0 Å². The Morgan fingerprint density at radius 3 is 3.14 bits per heavy atom. The highest BCUT2D eigenvalue weighted by Gasteiger charge is 2.23. The molecule has 21 heavy (non-hydrogen) atoms. The fourth-order valence-corrected chi connectivity index (χ4v) is 2.83. The first kappa shape index (κ1) is 15.9. The number of rotatable bonds is 7. The van der Waals surface area contributed by atoms with E-state index < -0.39 is 5.91 Å². The quantitative estimate of drug-likeness (QED) is 0.392. The van der Waals surface area contributed by atoms with Crippen molar-refractivity contribution in [1.82, 2.24) is 30.2 Å². The second-order valence-corrected chi connectivity index (χ2v) is 5.53. The minimum Gasteiger partial charge on any atom is -0.303 e. The summed E-state index contributed by atoms with van der Waals surface area (Å²) in [6.45, 7) is 7.21. The molecule has 1 atom stereocenters. The number of carbonyl (C=O) groups excluding carboxylic acids is 1. The molecule has 8 heteroatoms. The van der Waals surface area contributed by atoms with Crippen LogP contribution in [0.1, 0.15) is 30.3 Å². The van der Waals surface area contributed by atoms with Gasteiger partial charge in [0.1, 0.15) is 0 Å².